The third-order valence-electron chi connectivity index (χ3n) is 2.33. The molecule has 0 N–H and O–H groups in total. The Bertz CT molecular complexity index is 427. The topological polar surface area (TPSA) is 35.5 Å². The van der Waals surface area contributed by atoms with E-state index in [9.17, 15) is 4.79 Å². The van der Waals surface area contributed by atoms with Gasteiger partial charge in [-0.25, -0.2) is 0 Å². The number of methoxy groups -OCH3 is 2. The number of hydrogen-bond donors (Lipinski definition) is 0. The van der Waals surface area contributed by atoms with E-state index in [1.54, 1.807) is 18.2 Å². The first kappa shape index (κ1) is 13.6. The predicted molar refractivity (Wildman–Crippen MR) is 68.3 cm³/mol. The molecule has 0 heterocycles. The number of halogens is 1. The summed E-state index contributed by atoms with van der Waals surface area (Å²) in [5.74, 6) is 0.907. The number of ketones is 1. The Morgan fingerprint density at radius 3 is 2.65 bits per heavy atom. The van der Waals surface area contributed by atoms with Gasteiger partial charge in [-0.3, -0.25) is 4.79 Å². The van der Waals surface area contributed by atoms with E-state index >= 15 is 0 Å². The average Bonchev–Trinajstić information content (AvgIpc) is 2.34. The fourth-order valence-corrected chi connectivity index (χ4v) is 1.74. The van der Waals surface area contributed by atoms with Gasteiger partial charge in [0.15, 0.2) is 17.3 Å². The normalized spacial score (nSPS) is 9.82. The second-order valence-electron chi connectivity index (χ2n) is 3.44. The molecule has 0 spiro atoms. The summed E-state index contributed by atoms with van der Waals surface area (Å²) in [6, 6.07) is 3.23. The minimum absolute atomic E-state index is 0.00718. The van der Waals surface area contributed by atoms with Crippen LogP contribution in [0.25, 0.3) is 0 Å². The maximum absolute atomic E-state index is 11.8. The van der Waals surface area contributed by atoms with Crippen molar-refractivity contribution in [2.45, 2.75) is 12.8 Å². The van der Waals surface area contributed by atoms with E-state index in [1.165, 1.54) is 14.2 Å². The van der Waals surface area contributed by atoms with Crippen molar-refractivity contribution in [2.75, 3.05) is 14.2 Å². The molecule has 17 heavy (non-hydrogen) atoms. The Morgan fingerprint density at radius 1 is 1.41 bits per heavy atom. The lowest BCUT2D eigenvalue weighted by Crippen LogP contribution is -2.00. The van der Waals surface area contributed by atoms with E-state index < -0.39 is 0 Å². The highest BCUT2D eigenvalue weighted by Crippen LogP contribution is 2.36. The van der Waals surface area contributed by atoms with E-state index in [0.717, 1.165) is 0 Å². The summed E-state index contributed by atoms with van der Waals surface area (Å²) in [7, 11) is 3.01. The van der Waals surface area contributed by atoms with Crippen molar-refractivity contribution in [2.24, 2.45) is 0 Å². The number of ether oxygens (including phenoxy) is 2. The molecule has 0 aliphatic carbocycles. The molecule has 4 heteroatoms. The van der Waals surface area contributed by atoms with Crippen molar-refractivity contribution in [1.82, 2.24) is 0 Å². The highest BCUT2D eigenvalue weighted by Gasteiger charge is 2.14. The zero-order valence-corrected chi connectivity index (χ0v) is 10.7. The number of Topliss-reactive ketones (excluding diaryl/α,β-unsaturated/α-hetero) is 1. The average molecular weight is 255 g/mol. The lowest BCUT2D eigenvalue weighted by Gasteiger charge is -2.11. The summed E-state index contributed by atoms with van der Waals surface area (Å²) in [4.78, 5) is 11.8. The van der Waals surface area contributed by atoms with Crippen molar-refractivity contribution >= 4 is 17.4 Å². The second-order valence-corrected chi connectivity index (χ2v) is 3.85. The minimum atomic E-state index is 0.00718. The molecule has 0 aliphatic rings. The van der Waals surface area contributed by atoms with E-state index in [4.69, 9.17) is 21.1 Å². The molecule has 0 amide bonds. The number of hydrogen-bond acceptors (Lipinski definition) is 3. The smallest absolute Gasteiger partial charge is 0.179 e. The number of carbonyl (C=O) groups excluding carboxylic acids is 1. The molecule has 0 aliphatic heterocycles. The quantitative estimate of drug-likeness (QED) is 0.576. The van der Waals surface area contributed by atoms with Crippen LogP contribution in [0.5, 0.6) is 11.5 Å². The van der Waals surface area contributed by atoms with Gasteiger partial charge in [0, 0.05) is 12.0 Å². The molecular weight excluding hydrogens is 240 g/mol. The SMILES string of the molecule is C=CCCC(=O)c1cc(Cl)c(OC)c(OC)c1. The van der Waals surface area contributed by atoms with Crippen LogP contribution in [0.1, 0.15) is 23.2 Å². The first-order chi connectivity index (χ1) is 8.13. The molecule has 0 saturated carbocycles. The number of rotatable bonds is 6. The Kier molecular flexibility index (Phi) is 5.04. The standard InChI is InChI=1S/C13H15ClO3/c1-4-5-6-11(15)9-7-10(14)13(17-3)12(8-9)16-2/h4,7-8H,1,5-6H2,2-3H3. The van der Waals surface area contributed by atoms with Crippen LogP contribution < -0.4 is 9.47 Å². The van der Waals surface area contributed by atoms with Gasteiger partial charge in [0.05, 0.1) is 19.2 Å². The van der Waals surface area contributed by atoms with Gasteiger partial charge in [0.25, 0.3) is 0 Å². The molecule has 0 radical (unpaired) electrons. The number of carbonyl (C=O) groups is 1. The van der Waals surface area contributed by atoms with Gasteiger partial charge in [-0.1, -0.05) is 17.7 Å². The summed E-state index contributed by atoms with van der Waals surface area (Å²) in [5, 5.41) is 0.369. The molecule has 1 rings (SSSR count). The van der Waals surface area contributed by atoms with E-state index in [2.05, 4.69) is 6.58 Å². The molecule has 0 bridgehead atoms. The summed E-state index contributed by atoms with van der Waals surface area (Å²) >= 11 is 6.01. The highest BCUT2D eigenvalue weighted by molar-refractivity contribution is 6.32. The third-order valence-corrected chi connectivity index (χ3v) is 2.61. The summed E-state index contributed by atoms with van der Waals surface area (Å²) in [5.41, 5.74) is 0.523. The van der Waals surface area contributed by atoms with Crippen LogP contribution in [-0.4, -0.2) is 20.0 Å². The zero-order chi connectivity index (χ0) is 12.8. The Labute approximate surface area is 106 Å². The summed E-state index contributed by atoms with van der Waals surface area (Å²) < 4.78 is 10.2. The Hall–Kier alpha value is -1.48. The third kappa shape index (κ3) is 3.24. The number of benzene rings is 1. The van der Waals surface area contributed by atoms with Gasteiger partial charge in [0.1, 0.15) is 0 Å². The molecule has 0 fully saturated rings. The zero-order valence-electron chi connectivity index (χ0n) is 9.96. The van der Waals surface area contributed by atoms with Gasteiger partial charge < -0.3 is 9.47 Å². The monoisotopic (exact) mass is 254 g/mol. The molecule has 1 aromatic rings. The summed E-state index contributed by atoms with van der Waals surface area (Å²) in [6.45, 7) is 3.58. The van der Waals surface area contributed by atoms with Crippen LogP contribution in [0.2, 0.25) is 5.02 Å². The van der Waals surface area contributed by atoms with Crippen molar-refractivity contribution < 1.29 is 14.3 Å². The maximum atomic E-state index is 11.8. The van der Waals surface area contributed by atoms with Crippen LogP contribution in [0.3, 0.4) is 0 Å². The van der Waals surface area contributed by atoms with Gasteiger partial charge in [0.2, 0.25) is 0 Å². The predicted octanol–water partition coefficient (Wildman–Crippen LogP) is 3.51. The minimum Gasteiger partial charge on any atom is -0.493 e. The molecule has 92 valence electrons. The van der Waals surface area contributed by atoms with Crippen LogP contribution >= 0.6 is 11.6 Å². The molecule has 0 saturated heterocycles. The Balaban J connectivity index is 3.06. The van der Waals surface area contributed by atoms with Gasteiger partial charge in [-0.2, -0.15) is 0 Å². The first-order valence-corrected chi connectivity index (χ1v) is 5.57. The van der Waals surface area contributed by atoms with Crippen molar-refractivity contribution in [1.29, 1.82) is 0 Å². The molecule has 3 nitrogen and oxygen atoms in total. The Morgan fingerprint density at radius 2 is 2.12 bits per heavy atom. The van der Waals surface area contributed by atoms with Crippen molar-refractivity contribution in [3.8, 4) is 11.5 Å². The molecule has 0 atom stereocenters. The molecular formula is C13H15ClO3. The van der Waals surface area contributed by atoms with Crippen LogP contribution in [0.4, 0.5) is 0 Å². The second kappa shape index (κ2) is 6.30. The largest absolute Gasteiger partial charge is 0.493 e. The molecule has 1 aromatic carbocycles. The van der Waals surface area contributed by atoms with Crippen LogP contribution in [-0.2, 0) is 0 Å². The van der Waals surface area contributed by atoms with E-state index in [-0.39, 0.29) is 5.78 Å². The van der Waals surface area contributed by atoms with Gasteiger partial charge >= 0.3 is 0 Å². The van der Waals surface area contributed by atoms with E-state index in [0.29, 0.717) is 34.9 Å². The summed E-state index contributed by atoms with van der Waals surface area (Å²) in [6.07, 6.45) is 2.76. The van der Waals surface area contributed by atoms with Gasteiger partial charge in [-0.05, 0) is 18.6 Å². The van der Waals surface area contributed by atoms with Crippen molar-refractivity contribution in [3.05, 3.63) is 35.4 Å². The van der Waals surface area contributed by atoms with Crippen molar-refractivity contribution in [3.63, 3.8) is 0 Å². The molecule has 0 unspecified atom stereocenters. The fraction of sp³-hybridized carbons (Fsp3) is 0.308. The molecule has 0 aromatic heterocycles. The lowest BCUT2D eigenvalue weighted by atomic mass is 10.1. The highest BCUT2D eigenvalue weighted by atomic mass is 35.5. The van der Waals surface area contributed by atoms with Gasteiger partial charge in [-0.15, -0.1) is 6.58 Å². The van der Waals surface area contributed by atoms with Crippen LogP contribution in [0.15, 0.2) is 24.8 Å². The fourth-order valence-electron chi connectivity index (χ4n) is 1.46. The van der Waals surface area contributed by atoms with E-state index in [1.807, 2.05) is 0 Å². The maximum Gasteiger partial charge on any atom is 0.179 e. The number of allylic oxidation sites excluding steroid dienone is 1. The lowest BCUT2D eigenvalue weighted by molar-refractivity contribution is 0.0983. The first-order valence-electron chi connectivity index (χ1n) is 5.19. The van der Waals surface area contributed by atoms with Crippen LogP contribution in [0, 0.1) is 0 Å².